The summed E-state index contributed by atoms with van der Waals surface area (Å²) in [6.45, 7) is 9.17. The van der Waals surface area contributed by atoms with Crippen LogP contribution < -0.4 is 0 Å². The van der Waals surface area contributed by atoms with Gasteiger partial charge in [-0.1, -0.05) is 70.4 Å². The smallest absolute Gasteiger partial charge is 0.0162 e. The van der Waals surface area contributed by atoms with E-state index in [-0.39, 0.29) is 0 Å². The Morgan fingerprint density at radius 2 is 1.22 bits per heavy atom. The molecule has 0 amide bonds. The summed E-state index contributed by atoms with van der Waals surface area (Å²) in [6, 6.07) is 4.96. The van der Waals surface area contributed by atoms with Crippen LogP contribution in [0, 0.1) is 38.5 Å². The molecule has 2 aliphatic carbocycles. The maximum Gasteiger partial charge on any atom is -0.0162 e. The molecule has 0 radical (unpaired) electrons. The zero-order valence-corrected chi connectivity index (χ0v) is 18.7. The van der Waals surface area contributed by atoms with E-state index in [1.165, 1.54) is 93.7 Å². The lowest BCUT2D eigenvalue weighted by Crippen LogP contribution is -2.20. The molecule has 3 rings (SSSR count). The van der Waals surface area contributed by atoms with Crippen molar-refractivity contribution in [1.82, 2.24) is 0 Å². The van der Waals surface area contributed by atoms with Gasteiger partial charge in [-0.05, 0) is 98.8 Å². The Balaban J connectivity index is 1.40. The fourth-order valence-corrected chi connectivity index (χ4v) is 5.95. The van der Waals surface area contributed by atoms with E-state index < -0.39 is 0 Å². The van der Waals surface area contributed by atoms with E-state index in [9.17, 15) is 0 Å². The molecule has 0 spiro atoms. The first-order valence-corrected chi connectivity index (χ1v) is 12.1. The topological polar surface area (TPSA) is 0 Å². The predicted octanol–water partition coefficient (Wildman–Crippen LogP) is 8.66. The number of hydrogen-bond donors (Lipinski definition) is 0. The summed E-state index contributed by atoms with van der Waals surface area (Å²) < 4.78 is 0. The fourth-order valence-electron chi connectivity index (χ4n) is 5.95. The Hall–Kier alpha value is -0.780. The SMILES string of the molecule is CCCCCC1CCC(CC2CCC(c3cc(C)c(C)c(C)c3)CC2)CC1. The van der Waals surface area contributed by atoms with Gasteiger partial charge in [0.25, 0.3) is 0 Å². The average molecular weight is 369 g/mol. The van der Waals surface area contributed by atoms with E-state index in [0.717, 1.165) is 23.7 Å². The zero-order valence-electron chi connectivity index (χ0n) is 18.7. The number of aryl methyl sites for hydroxylation is 2. The highest BCUT2D eigenvalue weighted by Gasteiger charge is 2.27. The van der Waals surface area contributed by atoms with Gasteiger partial charge in [0, 0.05) is 0 Å². The largest absolute Gasteiger partial charge is 0.0654 e. The second-order valence-electron chi connectivity index (χ2n) is 10.1. The Kier molecular flexibility index (Phi) is 7.86. The van der Waals surface area contributed by atoms with Gasteiger partial charge in [0.15, 0.2) is 0 Å². The van der Waals surface area contributed by atoms with Crippen molar-refractivity contribution in [3.8, 4) is 0 Å². The van der Waals surface area contributed by atoms with E-state index in [4.69, 9.17) is 0 Å². The third-order valence-corrected chi connectivity index (χ3v) is 8.12. The van der Waals surface area contributed by atoms with Crippen molar-refractivity contribution >= 4 is 0 Å². The Labute approximate surface area is 169 Å². The van der Waals surface area contributed by atoms with Crippen molar-refractivity contribution < 1.29 is 0 Å². The van der Waals surface area contributed by atoms with Crippen molar-refractivity contribution in [3.63, 3.8) is 0 Å². The Morgan fingerprint density at radius 1 is 0.704 bits per heavy atom. The Bertz CT molecular complexity index is 545. The van der Waals surface area contributed by atoms with Gasteiger partial charge in [-0.2, -0.15) is 0 Å². The van der Waals surface area contributed by atoms with Crippen molar-refractivity contribution in [3.05, 3.63) is 34.4 Å². The summed E-state index contributed by atoms with van der Waals surface area (Å²) in [7, 11) is 0. The number of rotatable bonds is 7. The van der Waals surface area contributed by atoms with Gasteiger partial charge in [-0.3, -0.25) is 0 Å². The maximum absolute atomic E-state index is 2.48. The van der Waals surface area contributed by atoms with Crippen molar-refractivity contribution in [1.29, 1.82) is 0 Å². The first-order chi connectivity index (χ1) is 13.1. The molecule has 27 heavy (non-hydrogen) atoms. The second kappa shape index (κ2) is 10.1. The van der Waals surface area contributed by atoms with E-state index in [1.54, 1.807) is 12.0 Å². The Morgan fingerprint density at radius 3 is 1.78 bits per heavy atom. The van der Waals surface area contributed by atoms with Crippen molar-refractivity contribution in [2.24, 2.45) is 17.8 Å². The van der Waals surface area contributed by atoms with Crippen LogP contribution in [-0.4, -0.2) is 0 Å². The van der Waals surface area contributed by atoms with E-state index in [1.807, 2.05) is 0 Å². The second-order valence-corrected chi connectivity index (χ2v) is 10.1. The summed E-state index contributed by atoms with van der Waals surface area (Å²) in [5.41, 5.74) is 6.09. The van der Waals surface area contributed by atoms with E-state index in [0.29, 0.717) is 0 Å². The molecular formula is C27H44. The van der Waals surface area contributed by atoms with Gasteiger partial charge in [0.05, 0.1) is 0 Å². The molecule has 2 saturated carbocycles. The van der Waals surface area contributed by atoms with Crippen molar-refractivity contribution in [2.45, 2.75) is 117 Å². The predicted molar refractivity (Wildman–Crippen MR) is 120 cm³/mol. The molecule has 0 aliphatic heterocycles. The monoisotopic (exact) mass is 368 g/mol. The van der Waals surface area contributed by atoms with Crippen LogP contribution in [0.4, 0.5) is 0 Å². The summed E-state index contributed by atoms with van der Waals surface area (Å²) in [6.07, 6.45) is 19.3. The van der Waals surface area contributed by atoms with Crippen LogP contribution in [0.2, 0.25) is 0 Å². The minimum atomic E-state index is 0.827. The third kappa shape index (κ3) is 5.85. The van der Waals surface area contributed by atoms with Gasteiger partial charge in [0.2, 0.25) is 0 Å². The minimum Gasteiger partial charge on any atom is -0.0654 e. The van der Waals surface area contributed by atoms with Gasteiger partial charge in [-0.15, -0.1) is 0 Å². The van der Waals surface area contributed by atoms with Crippen molar-refractivity contribution in [2.75, 3.05) is 0 Å². The lowest BCUT2D eigenvalue weighted by Gasteiger charge is -2.34. The highest BCUT2D eigenvalue weighted by atomic mass is 14.3. The van der Waals surface area contributed by atoms with Crippen LogP contribution >= 0.6 is 0 Å². The fraction of sp³-hybridized carbons (Fsp3) is 0.778. The van der Waals surface area contributed by atoms with Crippen LogP contribution in [0.15, 0.2) is 12.1 Å². The summed E-state index contributed by atoms with van der Waals surface area (Å²) in [5.74, 6) is 3.97. The molecule has 0 heterocycles. The lowest BCUT2D eigenvalue weighted by molar-refractivity contribution is 0.199. The molecule has 2 aliphatic rings. The quantitative estimate of drug-likeness (QED) is 0.422. The minimum absolute atomic E-state index is 0.827. The molecule has 0 nitrogen and oxygen atoms in total. The van der Waals surface area contributed by atoms with Crippen LogP contribution in [0.3, 0.4) is 0 Å². The molecular weight excluding hydrogens is 324 g/mol. The zero-order chi connectivity index (χ0) is 19.2. The molecule has 1 aromatic carbocycles. The molecule has 1 aromatic rings. The van der Waals surface area contributed by atoms with Gasteiger partial charge < -0.3 is 0 Å². The van der Waals surface area contributed by atoms with Gasteiger partial charge >= 0.3 is 0 Å². The van der Waals surface area contributed by atoms with Crippen LogP contribution in [0.25, 0.3) is 0 Å². The highest BCUT2D eigenvalue weighted by molar-refractivity contribution is 5.38. The number of unbranched alkanes of at least 4 members (excludes halogenated alkanes) is 2. The van der Waals surface area contributed by atoms with Gasteiger partial charge in [0.1, 0.15) is 0 Å². The summed E-state index contributed by atoms with van der Waals surface area (Å²) >= 11 is 0. The molecule has 2 fully saturated rings. The van der Waals surface area contributed by atoms with Crippen LogP contribution in [-0.2, 0) is 0 Å². The molecule has 0 N–H and O–H groups in total. The first kappa shape index (κ1) is 20.9. The van der Waals surface area contributed by atoms with Gasteiger partial charge in [-0.25, -0.2) is 0 Å². The standard InChI is InChI=1S/C27H44/c1-5-6-7-8-23-9-11-24(12-10-23)19-25-13-15-26(16-14-25)27-17-20(2)22(4)21(3)18-27/h17-18,23-26H,5-16,19H2,1-4H3. The molecule has 0 atom stereocenters. The lowest BCUT2D eigenvalue weighted by atomic mass is 9.71. The maximum atomic E-state index is 2.48. The molecule has 0 saturated heterocycles. The first-order valence-electron chi connectivity index (χ1n) is 12.1. The number of hydrogen-bond acceptors (Lipinski definition) is 0. The normalized spacial score (nSPS) is 29.0. The molecule has 0 aromatic heterocycles. The molecule has 0 unspecified atom stereocenters. The van der Waals surface area contributed by atoms with E-state index >= 15 is 0 Å². The third-order valence-electron chi connectivity index (χ3n) is 8.12. The summed E-state index contributed by atoms with van der Waals surface area (Å²) in [5, 5.41) is 0. The molecule has 152 valence electrons. The summed E-state index contributed by atoms with van der Waals surface area (Å²) in [4.78, 5) is 0. The van der Waals surface area contributed by atoms with Crippen LogP contribution in [0.5, 0.6) is 0 Å². The average Bonchev–Trinajstić information content (AvgIpc) is 2.68. The number of benzene rings is 1. The molecule has 0 bridgehead atoms. The molecule has 0 heteroatoms. The van der Waals surface area contributed by atoms with E-state index in [2.05, 4.69) is 39.8 Å². The van der Waals surface area contributed by atoms with Crippen LogP contribution in [0.1, 0.15) is 119 Å². The highest BCUT2D eigenvalue weighted by Crippen LogP contribution is 2.42.